The number of hydrogen-bond donors (Lipinski definition) is 1. The largest absolute Gasteiger partial charge is 0.313 e. The van der Waals surface area contributed by atoms with Crippen LogP contribution in [0.4, 0.5) is 0 Å². The van der Waals surface area contributed by atoms with E-state index in [1.54, 1.807) is 0 Å². The maximum atomic E-state index is 11.7. The lowest BCUT2D eigenvalue weighted by Gasteiger charge is -2.20. The van der Waals surface area contributed by atoms with E-state index in [1.165, 1.54) is 6.42 Å². The van der Waals surface area contributed by atoms with Crippen LogP contribution < -0.4 is 5.32 Å². The minimum Gasteiger partial charge on any atom is -0.313 e. The summed E-state index contributed by atoms with van der Waals surface area (Å²) in [7, 11) is -0.729. The van der Waals surface area contributed by atoms with Crippen LogP contribution in [0.2, 0.25) is 0 Å². The van der Waals surface area contributed by atoms with Crippen LogP contribution in [0, 0.1) is 5.92 Å². The molecular weight excluding hydrogens is 206 g/mol. The second-order valence-corrected chi connectivity index (χ2v) is 7.97. The van der Waals surface area contributed by atoms with Crippen molar-refractivity contribution in [2.24, 2.45) is 5.92 Å². The quantitative estimate of drug-likeness (QED) is 0.764. The molecule has 0 heterocycles. The van der Waals surface area contributed by atoms with Crippen molar-refractivity contribution < 1.29 is 4.21 Å². The van der Waals surface area contributed by atoms with Crippen LogP contribution in [0.15, 0.2) is 0 Å². The summed E-state index contributed by atoms with van der Waals surface area (Å²) in [6.07, 6.45) is 1.18. The fraction of sp³-hybridized carbons (Fsp3) is 1.00. The summed E-state index contributed by atoms with van der Waals surface area (Å²) in [6.45, 7) is 13.6. The second-order valence-electron chi connectivity index (χ2n) is 5.65. The van der Waals surface area contributed by atoms with Gasteiger partial charge in [-0.25, -0.2) is 0 Å². The Labute approximate surface area is 97.7 Å². The third-order valence-electron chi connectivity index (χ3n) is 2.29. The van der Waals surface area contributed by atoms with Crippen LogP contribution in [-0.2, 0) is 10.8 Å². The van der Waals surface area contributed by atoms with E-state index in [0.29, 0.717) is 6.04 Å². The fourth-order valence-electron chi connectivity index (χ4n) is 1.49. The first-order valence-electron chi connectivity index (χ1n) is 5.85. The molecule has 0 amide bonds. The molecule has 0 saturated heterocycles. The summed E-state index contributed by atoms with van der Waals surface area (Å²) in [5.41, 5.74) is 0. The molecule has 1 N–H and O–H groups in total. The van der Waals surface area contributed by atoms with Gasteiger partial charge in [0.1, 0.15) is 0 Å². The van der Waals surface area contributed by atoms with Gasteiger partial charge in [0.05, 0.1) is 0 Å². The first-order valence-corrected chi connectivity index (χ1v) is 7.17. The topological polar surface area (TPSA) is 29.1 Å². The van der Waals surface area contributed by atoms with Gasteiger partial charge in [-0.15, -0.1) is 0 Å². The van der Waals surface area contributed by atoms with Gasteiger partial charge < -0.3 is 5.32 Å². The molecule has 2 nitrogen and oxygen atoms in total. The van der Waals surface area contributed by atoms with E-state index in [2.05, 4.69) is 26.1 Å². The second kappa shape index (κ2) is 6.64. The van der Waals surface area contributed by atoms with Crippen molar-refractivity contribution in [3.63, 3.8) is 0 Å². The van der Waals surface area contributed by atoms with Crippen molar-refractivity contribution in [3.8, 4) is 0 Å². The van der Waals surface area contributed by atoms with Crippen LogP contribution in [0.5, 0.6) is 0 Å². The highest BCUT2D eigenvalue weighted by molar-refractivity contribution is 7.86. The summed E-state index contributed by atoms with van der Waals surface area (Å²) >= 11 is 0. The van der Waals surface area contributed by atoms with E-state index in [4.69, 9.17) is 0 Å². The molecule has 92 valence electrons. The van der Waals surface area contributed by atoms with E-state index in [1.807, 2.05) is 20.8 Å². The van der Waals surface area contributed by atoms with Crippen molar-refractivity contribution in [1.82, 2.24) is 5.32 Å². The Morgan fingerprint density at radius 3 is 2.13 bits per heavy atom. The van der Waals surface area contributed by atoms with E-state index in [0.717, 1.165) is 18.2 Å². The van der Waals surface area contributed by atoms with E-state index in [9.17, 15) is 4.21 Å². The Balaban J connectivity index is 3.67. The predicted octanol–water partition coefficient (Wildman–Crippen LogP) is 2.56. The molecule has 2 unspecified atom stereocenters. The van der Waals surface area contributed by atoms with Crippen LogP contribution in [0.1, 0.15) is 48.0 Å². The lowest BCUT2D eigenvalue weighted by molar-refractivity contribution is 0.451. The van der Waals surface area contributed by atoms with Gasteiger partial charge in [-0.3, -0.25) is 4.21 Å². The fourth-order valence-corrected chi connectivity index (χ4v) is 2.41. The van der Waals surface area contributed by atoms with E-state index < -0.39 is 10.8 Å². The highest BCUT2D eigenvalue weighted by Gasteiger charge is 2.18. The SMILES string of the molecule is CC(C)CC(C)NCCS(=O)C(C)(C)C. The predicted molar refractivity (Wildman–Crippen MR) is 69.7 cm³/mol. The molecule has 0 spiro atoms. The van der Waals surface area contributed by atoms with Gasteiger partial charge in [-0.1, -0.05) is 13.8 Å². The Bertz CT molecular complexity index is 196. The molecule has 0 aliphatic heterocycles. The normalized spacial score (nSPS) is 16.7. The van der Waals surface area contributed by atoms with Gasteiger partial charge in [0.2, 0.25) is 0 Å². The molecular formula is C12H27NOS. The molecule has 0 aliphatic rings. The molecule has 0 aliphatic carbocycles. The van der Waals surface area contributed by atoms with Gasteiger partial charge in [-0.05, 0) is 40.0 Å². The van der Waals surface area contributed by atoms with E-state index >= 15 is 0 Å². The van der Waals surface area contributed by atoms with Gasteiger partial charge >= 0.3 is 0 Å². The van der Waals surface area contributed by atoms with Crippen molar-refractivity contribution >= 4 is 10.8 Å². The minimum absolute atomic E-state index is 0.0804. The first kappa shape index (κ1) is 15.1. The van der Waals surface area contributed by atoms with Crippen LogP contribution in [-0.4, -0.2) is 27.3 Å². The third kappa shape index (κ3) is 7.97. The van der Waals surface area contributed by atoms with E-state index in [-0.39, 0.29) is 4.75 Å². The lowest BCUT2D eigenvalue weighted by atomic mass is 10.1. The van der Waals surface area contributed by atoms with Gasteiger partial charge in [0, 0.05) is 33.9 Å². The summed E-state index contributed by atoms with van der Waals surface area (Å²) < 4.78 is 11.7. The van der Waals surface area contributed by atoms with Gasteiger partial charge in [0.15, 0.2) is 0 Å². The first-order chi connectivity index (χ1) is 6.73. The average molecular weight is 233 g/mol. The standard InChI is InChI=1S/C12H27NOS/c1-10(2)9-11(3)13-7-8-15(14)12(4,5)6/h10-11,13H,7-9H2,1-6H3. The number of rotatable bonds is 6. The summed E-state index contributed by atoms with van der Waals surface area (Å²) in [6, 6.07) is 0.530. The minimum atomic E-state index is -0.729. The maximum Gasteiger partial charge on any atom is 0.0375 e. The van der Waals surface area contributed by atoms with Gasteiger partial charge in [0.25, 0.3) is 0 Å². The molecule has 0 saturated carbocycles. The molecule has 0 aromatic heterocycles. The molecule has 0 aromatic carbocycles. The number of hydrogen-bond acceptors (Lipinski definition) is 2. The molecule has 0 fully saturated rings. The zero-order valence-corrected chi connectivity index (χ0v) is 11.9. The molecule has 0 aromatic rings. The van der Waals surface area contributed by atoms with Crippen molar-refractivity contribution in [1.29, 1.82) is 0 Å². The molecule has 0 radical (unpaired) electrons. The summed E-state index contributed by atoms with van der Waals surface area (Å²) in [5, 5.41) is 3.42. The smallest absolute Gasteiger partial charge is 0.0375 e. The highest BCUT2D eigenvalue weighted by atomic mass is 32.2. The Morgan fingerprint density at radius 2 is 1.73 bits per heavy atom. The Morgan fingerprint density at radius 1 is 1.20 bits per heavy atom. The van der Waals surface area contributed by atoms with Gasteiger partial charge in [-0.2, -0.15) is 0 Å². The molecule has 3 heteroatoms. The third-order valence-corrected chi connectivity index (χ3v) is 4.23. The van der Waals surface area contributed by atoms with Crippen molar-refractivity contribution in [3.05, 3.63) is 0 Å². The summed E-state index contributed by atoms with van der Waals surface area (Å²) in [4.78, 5) is 0. The zero-order chi connectivity index (χ0) is 12.1. The molecule has 2 atom stereocenters. The molecule has 15 heavy (non-hydrogen) atoms. The van der Waals surface area contributed by atoms with Crippen molar-refractivity contribution in [2.45, 2.75) is 58.8 Å². The monoisotopic (exact) mass is 233 g/mol. The zero-order valence-electron chi connectivity index (χ0n) is 11.1. The molecule has 0 bridgehead atoms. The van der Waals surface area contributed by atoms with Crippen LogP contribution in [0.3, 0.4) is 0 Å². The van der Waals surface area contributed by atoms with Crippen LogP contribution >= 0.6 is 0 Å². The summed E-state index contributed by atoms with van der Waals surface area (Å²) in [5.74, 6) is 1.48. The Kier molecular flexibility index (Phi) is 6.69. The molecule has 0 rings (SSSR count). The highest BCUT2D eigenvalue weighted by Crippen LogP contribution is 2.10. The Hall–Kier alpha value is 0.110. The van der Waals surface area contributed by atoms with Crippen molar-refractivity contribution in [2.75, 3.05) is 12.3 Å². The van der Waals surface area contributed by atoms with Crippen LogP contribution in [0.25, 0.3) is 0 Å². The number of nitrogens with one attached hydrogen (secondary N) is 1. The maximum absolute atomic E-state index is 11.7. The average Bonchev–Trinajstić information content (AvgIpc) is 2.00. The lowest BCUT2D eigenvalue weighted by Crippen LogP contribution is -2.34.